The molecule has 1 heterocycles. The van der Waals surface area contributed by atoms with Gasteiger partial charge in [-0.25, -0.2) is 9.97 Å². The Balaban J connectivity index is 1.86. The number of ether oxygens (including phenoxy) is 1. The Morgan fingerprint density at radius 1 is 0.920 bits per heavy atom. The maximum absolute atomic E-state index is 6.18. The fourth-order valence-electron chi connectivity index (χ4n) is 2.20. The monoisotopic (exact) mass is 375 g/mol. The smallest absolute Gasteiger partial charge is 0.159 e. The van der Waals surface area contributed by atoms with Gasteiger partial charge in [-0.3, -0.25) is 0 Å². The van der Waals surface area contributed by atoms with Crippen LogP contribution in [0, 0.1) is 0 Å². The van der Waals surface area contributed by atoms with Gasteiger partial charge in [0.2, 0.25) is 0 Å². The first kappa shape index (κ1) is 17.1. The molecule has 0 saturated heterocycles. The summed E-state index contributed by atoms with van der Waals surface area (Å²) in [6, 6.07) is 12.5. The number of benzene rings is 2. The minimum atomic E-state index is 0.362. The van der Waals surface area contributed by atoms with E-state index in [1.54, 1.807) is 25.3 Å². The highest BCUT2D eigenvalue weighted by Crippen LogP contribution is 2.31. The van der Waals surface area contributed by atoms with E-state index in [-0.39, 0.29) is 0 Å². The standard InChI is InChI=1S/C17H15Cl2N5O/c1-25-14-4-2-3-12(8-14)23-16-15(20)17(22-9-21-16)24-13-6-10(18)5-11(19)7-13/h2-9H,20H2,1H3,(H2,21,22,23,24). The van der Waals surface area contributed by atoms with E-state index in [1.807, 2.05) is 24.3 Å². The Labute approximate surface area is 155 Å². The highest BCUT2D eigenvalue weighted by atomic mass is 35.5. The average Bonchev–Trinajstić information content (AvgIpc) is 2.58. The summed E-state index contributed by atoms with van der Waals surface area (Å²) in [7, 11) is 1.61. The topological polar surface area (TPSA) is 85.1 Å². The number of hydrogen-bond donors (Lipinski definition) is 3. The van der Waals surface area contributed by atoms with Crippen molar-refractivity contribution >= 4 is 51.9 Å². The number of anilines is 5. The third kappa shape index (κ3) is 4.23. The van der Waals surface area contributed by atoms with Crippen LogP contribution in [0.3, 0.4) is 0 Å². The first-order valence-corrected chi connectivity index (χ1v) is 8.05. The van der Waals surface area contributed by atoms with Crippen LogP contribution >= 0.6 is 23.2 Å². The summed E-state index contributed by atoms with van der Waals surface area (Å²) in [5, 5.41) is 7.26. The molecule has 4 N–H and O–H groups in total. The predicted octanol–water partition coefficient (Wildman–Crippen LogP) is 4.86. The lowest BCUT2D eigenvalue weighted by molar-refractivity contribution is 0.415. The van der Waals surface area contributed by atoms with Crippen molar-refractivity contribution in [1.29, 1.82) is 0 Å². The number of methoxy groups -OCH3 is 1. The molecule has 25 heavy (non-hydrogen) atoms. The van der Waals surface area contributed by atoms with Crippen molar-refractivity contribution in [3.63, 3.8) is 0 Å². The number of halogens is 2. The predicted molar refractivity (Wildman–Crippen MR) is 102 cm³/mol. The Bertz CT molecular complexity index is 884. The Hall–Kier alpha value is -2.70. The number of nitrogens with zero attached hydrogens (tertiary/aromatic N) is 2. The summed E-state index contributed by atoms with van der Waals surface area (Å²) in [5.74, 6) is 1.64. The summed E-state index contributed by atoms with van der Waals surface area (Å²) in [6.45, 7) is 0. The van der Waals surface area contributed by atoms with Crippen molar-refractivity contribution in [2.45, 2.75) is 0 Å². The maximum Gasteiger partial charge on any atom is 0.159 e. The second-order valence-electron chi connectivity index (χ2n) is 5.12. The van der Waals surface area contributed by atoms with Crippen molar-refractivity contribution in [3.05, 3.63) is 58.8 Å². The number of aromatic nitrogens is 2. The van der Waals surface area contributed by atoms with Crippen molar-refractivity contribution in [2.75, 3.05) is 23.5 Å². The number of rotatable bonds is 5. The minimum Gasteiger partial charge on any atom is -0.497 e. The molecule has 0 amide bonds. The fourth-order valence-corrected chi connectivity index (χ4v) is 2.72. The lowest BCUT2D eigenvalue weighted by Crippen LogP contribution is -2.05. The van der Waals surface area contributed by atoms with Crippen LogP contribution in [0.5, 0.6) is 5.75 Å². The van der Waals surface area contributed by atoms with Gasteiger partial charge < -0.3 is 21.1 Å². The number of nitrogens with one attached hydrogen (secondary N) is 2. The summed E-state index contributed by atoms with van der Waals surface area (Å²) < 4.78 is 5.21. The van der Waals surface area contributed by atoms with E-state index >= 15 is 0 Å². The van der Waals surface area contributed by atoms with Gasteiger partial charge in [0.15, 0.2) is 11.6 Å². The molecule has 0 fully saturated rings. The fraction of sp³-hybridized carbons (Fsp3) is 0.0588. The molecule has 3 rings (SSSR count). The van der Waals surface area contributed by atoms with Gasteiger partial charge >= 0.3 is 0 Å². The van der Waals surface area contributed by atoms with Crippen LogP contribution in [0.2, 0.25) is 10.0 Å². The summed E-state index contributed by atoms with van der Waals surface area (Å²) in [5.41, 5.74) is 8.01. The number of hydrogen-bond acceptors (Lipinski definition) is 6. The van der Waals surface area contributed by atoms with E-state index in [2.05, 4.69) is 20.6 Å². The Kier molecular flexibility index (Phi) is 5.11. The van der Waals surface area contributed by atoms with Gasteiger partial charge in [-0.05, 0) is 30.3 Å². The van der Waals surface area contributed by atoms with Gasteiger partial charge in [0, 0.05) is 27.5 Å². The quantitative estimate of drug-likeness (QED) is 0.590. The zero-order valence-electron chi connectivity index (χ0n) is 13.3. The molecule has 0 bridgehead atoms. The van der Waals surface area contributed by atoms with Crippen LogP contribution in [0.4, 0.5) is 28.7 Å². The molecule has 8 heteroatoms. The second kappa shape index (κ2) is 7.46. The van der Waals surface area contributed by atoms with Crippen LogP contribution in [0.25, 0.3) is 0 Å². The highest BCUT2D eigenvalue weighted by Gasteiger charge is 2.10. The normalized spacial score (nSPS) is 10.4. The Morgan fingerprint density at radius 2 is 1.56 bits per heavy atom. The van der Waals surface area contributed by atoms with E-state index in [4.69, 9.17) is 33.7 Å². The van der Waals surface area contributed by atoms with Crippen molar-refractivity contribution < 1.29 is 4.74 Å². The molecule has 0 spiro atoms. The molecule has 6 nitrogen and oxygen atoms in total. The molecule has 0 atom stereocenters. The molecule has 1 aromatic heterocycles. The molecular weight excluding hydrogens is 361 g/mol. The molecule has 0 aliphatic carbocycles. The Morgan fingerprint density at radius 3 is 2.20 bits per heavy atom. The van der Waals surface area contributed by atoms with E-state index in [9.17, 15) is 0 Å². The summed E-state index contributed by atoms with van der Waals surface area (Å²) in [4.78, 5) is 8.36. The van der Waals surface area contributed by atoms with Crippen LogP contribution < -0.4 is 21.1 Å². The van der Waals surface area contributed by atoms with Gasteiger partial charge in [0.1, 0.15) is 17.8 Å². The van der Waals surface area contributed by atoms with Crippen molar-refractivity contribution in [3.8, 4) is 5.75 Å². The molecule has 3 aromatic rings. The van der Waals surface area contributed by atoms with Crippen LogP contribution in [0.15, 0.2) is 48.8 Å². The first-order valence-electron chi connectivity index (χ1n) is 7.30. The minimum absolute atomic E-state index is 0.362. The second-order valence-corrected chi connectivity index (χ2v) is 6.00. The lowest BCUT2D eigenvalue weighted by Gasteiger charge is -2.13. The molecule has 0 radical (unpaired) electrons. The zero-order chi connectivity index (χ0) is 17.8. The highest BCUT2D eigenvalue weighted by molar-refractivity contribution is 6.35. The van der Waals surface area contributed by atoms with Gasteiger partial charge in [0.25, 0.3) is 0 Å². The van der Waals surface area contributed by atoms with E-state index < -0.39 is 0 Å². The molecule has 2 aromatic carbocycles. The molecule has 128 valence electrons. The molecular formula is C17H15Cl2N5O. The van der Waals surface area contributed by atoms with Crippen LogP contribution in [-0.2, 0) is 0 Å². The maximum atomic E-state index is 6.18. The summed E-state index contributed by atoms with van der Waals surface area (Å²) in [6.07, 6.45) is 1.41. The van der Waals surface area contributed by atoms with Crippen molar-refractivity contribution in [2.24, 2.45) is 0 Å². The largest absolute Gasteiger partial charge is 0.497 e. The average molecular weight is 376 g/mol. The SMILES string of the molecule is COc1cccc(Nc2ncnc(Nc3cc(Cl)cc(Cl)c3)c2N)c1. The van der Waals surface area contributed by atoms with Crippen molar-refractivity contribution in [1.82, 2.24) is 9.97 Å². The molecule has 0 unspecified atom stereocenters. The van der Waals surface area contributed by atoms with Gasteiger partial charge in [-0.2, -0.15) is 0 Å². The third-order valence-electron chi connectivity index (χ3n) is 3.34. The van der Waals surface area contributed by atoms with Crippen LogP contribution in [-0.4, -0.2) is 17.1 Å². The van der Waals surface area contributed by atoms with Gasteiger partial charge in [-0.1, -0.05) is 29.3 Å². The van der Waals surface area contributed by atoms with Gasteiger partial charge in [0.05, 0.1) is 7.11 Å². The van der Waals surface area contributed by atoms with E-state index in [0.29, 0.717) is 33.1 Å². The number of nitrogen functional groups attached to an aromatic ring is 1. The molecule has 0 aliphatic heterocycles. The number of nitrogens with two attached hydrogens (primary N) is 1. The lowest BCUT2D eigenvalue weighted by atomic mass is 10.3. The zero-order valence-corrected chi connectivity index (χ0v) is 14.8. The van der Waals surface area contributed by atoms with Crippen LogP contribution in [0.1, 0.15) is 0 Å². The molecule has 0 saturated carbocycles. The third-order valence-corrected chi connectivity index (χ3v) is 3.78. The van der Waals surface area contributed by atoms with E-state index in [0.717, 1.165) is 11.4 Å². The first-order chi connectivity index (χ1) is 12.0. The molecule has 0 aliphatic rings. The van der Waals surface area contributed by atoms with Gasteiger partial charge in [-0.15, -0.1) is 0 Å². The van der Waals surface area contributed by atoms with E-state index in [1.165, 1.54) is 6.33 Å². The summed E-state index contributed by atoms with van der Waals surface area (Å²) >= 11 is 12.0.